The van der Waals surface area contributed by atoms with Gasteiger partial charge in [-0.1, -0.05) is 35.9 Å². The van der Waals surface area contributed by atoms with E-state index in [0.717, 1.165) is 9.87 Å². The van der Waals surface area contributed by atoms with Crippen molar-refractivity contribution in [3.05, 3.63) is 77.6 Å². The summed E-state index contributed by atoms with van der Waals surface area (Å²) in [5.41, 5.74) is 3.97. The highest BCUT2D eigenvalue weighted by Crippen LogP contribution is 2.25. The van der Waals surface area contributed by atoms with Crippen molar-refractivity contribution in [2.75, 3.05) is 4.31 Å². The van der Waals surface area contributed by atoms with E-state index >= 15 is 0 Å². The van der Waals surface area contributed by atoms with Gasteiger partial charge in [-0.25, -0.2) is 12.7 Å². The minimum absolute atomic E-state index is 0.203. The lowest BCUT2D eigenvalue weighted by Gasteiger charge is -2.20. The molecule has 0 bridgehead atoms. The molecule has 0 N–H and O–H groups in total. The number of sulfonamides is 1. The second-order valence-corrected chi connectivity index (χ2v) is 6.67. The van der Waals surface area contributed by atoms with Crippen LogP contribution in [0, 0.1) is 6.92 Å². The summed E-state index contributed by atoms with van der Waals surface area (Å²) in [5.74, 6) is 0. The number of halogens is 1. The zero-order valence-corrected chi connectivity index (χ0v) is 13.0. The molecule has 3 nitrogen and oxygen atoms in total. The normalized spacial score (nSPS) is 10.8. The molecule has 0 heterocycles. The van der Waals surface area contributed by atoms with Crippen LogP contribution in [0.5, 0.6) is 0 Å². The molecule has 0 saturated heterocycles. The molecule has 2 rings (SSSR count). The number of rotatable bonds is 4. The molecule has 0 spiro atoms. The largest absolute Gasteiger partial charge is 0.268 e. The molecule has 0 unspecified atom stereocenters. The Labute approximate surface area is 129 Å². The third-order valence-electron chi connectivity index (χ3n) is 2.87. The molecule has 0 saturated carbocycles. The summed E-state index contributed by atoms with van der Waals surface area (Å²) >= 11 is 5.84. The van der Waals surface area contributed by atoms with Crippen LogP contribution in [0.2, 0.25) is 5.02 Å². The van der Waals surface area contributed by atoms with Crippen LogP contribution in [0.15, 0.2) is 71.9 Å². The van der Waals surface area contributed by atoms with Gasteiger partial charge in [0.25, 0.3) is 10.0 Å². The van der Waals surface area contributed by atoms with Crippen LogP contribution in [0.3, 0.4) is 0 Å². The van der Waals surface area contributed by atoms with Gasteiger partial charge >= 0.3 is 0 Å². The smallest absolute Gasteiger partial charge is 0.234 e. The SMILES string of the molecule is C=C=CN(c1ccc(Cl)cc1)S(=O)(=O)c1ccc(C)cc1. The van der Waals surface area contributed by atoms with Crippen LogP contribution in [-0.4, -0.2) is 8.42 Å². The molecule has 0 aliphatic heterocycles. The summed E-state index contributed by atoms with van der Waals surface area (Å²) in [6, 6.07) is 13.2. The molecule has 0 aliphatic carbocycles. The molecule has 2 aromatic rings. The van der Waals surface area contributed by atoms with E-state index < -0.39 is 10.0 Å². The summed E-state index contributed by atoms with van der Waals surface area (Å²) in [6.45, 7) is 5.35. The van der Waals surface area contributed by atoms with E-state index in [9.17, 15) is 8.42 Å². The molecular weight excluding hydrogens is 306 g/mol. The van der Waals surface area contributed by atoms with Gasteiger partial charge in [-0.15, -0.1) is 5.73 Å². The molecule has 0 amide bonds. The van der Waals surface area contributed by atoms with Crippen molar-refractivity contribution in [1.29, 1.82) is 0 Å². The molecule has 0 fully saturated rings. The van der Waals surface area contributed by atoms with Gasteiger partial charge in [-0.05, 0) is 43.3 Å². The van der Waals surface area contributed by atoms with Gasteiger partial charge in [0, 0.05) is 5.02 Å². The molecule has 0 atom stereocenters. The fourth-order valence-electron chi connectivity index (χ4n) is 1.78. The first-order chi connectivity index (χ1) is 9.95. The van der Waals surface area contributed by atoms with Crippen LogP contribution in [0.1, 0.15) is 5.56 Å². The second-order valence-electron chi connectivity index (χ2n) is 4.42. The van der Waals surface area contributed by atoms with Crippen LogP contribution in [0.25, 0.3) is 0 Å². The molecule has 21 heavy (non-hydrogen) atoms. The number of benzene rings is 2. The maximum Gasteiger partial charge on any atom is 0.268 e. The molecule has 108 valence electrons. The van der Waals surface area contributed by atoms with Gasteiger partial charge < -0.3 is 0 Å². The summed E-state index contributed by atoms with van der Waals surface area (Å²) in [4.78, 5) is 0.203. The van der Waals surface area contributed by atoms with Crippen LogP contribution in [0.4, 0.5) is 5.69 Å². The minimum Gasteiger partial charge on any atom is -0.234 e. The van der Waals surface area contributed by atoms with Gasteiger partial charge in [0.15, 0.2) is 0 Å². The van der Waals surface area contributed by atoms with E-state index in [0.29, 0.717) is 10.7 Å². The summed E-state index contributed by atoms with van der Waals surface area (Å²) in [5, 5.41) is 0.536. The van der Waals surface area contributed by atoms with Crippen LogP contribution < -0.4 is 4.31 Å². The van der Waals surface area contributed by atoms with Crippen LogP contribution >= 0.6 is 11.6 Å². The zero-order valence-electron chi connectivity index (χ0n) is 11.5. The fourth-order valence-corrected chi connectivity index (χ4v) is 3.22. The second kappa shape index (κ2) is 6.19. The lowest BCUT2D eigenvalue weighted by atomic mass is 10.2. The predicted molar refractivity (Wildman–Crippen MR) is 86.0 cm³/mol. The van der Waals surface area contributed by atoms with Crippen molar-refractivity contribution < 1.29 is 8.42 Å². The van der Waals surface area contributed by atoms with Crippen molar-refractivity contribution >= 4 is 27.3 Å². The van der Waals surface area contributed by atoms with Gasteiger partial charge in [0.1, 0.15) is 0 Å². The number of hydrogen-bond acceptors (Lipinski definition) is 2. The number of anilines is 1. The van der Waals surface area contributed by atoms with Gasteiger partial charge in [0.05, 0.1) is 16.8 Å². The van der Waals surface area contributed by atoms with Crippen LogP contribution in [-0.2, 0) is 10.0 Å². The average molecular weight is 320 g/mol. The third-order valence-corrected chi connectivity index (χ3v) is 4.82. The maximum atomic E-state index is 12.7. The zero-order chi connectivity index (χ0) is 15.5. The Morgan fingerprint density at radius 2 is 1.67 bits per heavy atom. The van der Waals surface area contributed by atoms with E-state index in [1.807, 2.05) is 6.92 Å². The quantitative estimate of drug-likeness (QED) is 0.794. The lowest BCUT2D eigenvalue weighted by molar-refractivity contribution is 0.596. The monoisotopic (exact) mass is 319 g/mol. The van der Waals surface area contributed by atoms with E-state index in [4.69, 9.17) is 11.6 Å². The molecular formula is C16H14ClNO2S. The summed E-state index contributed by atoms with van der Waals surface area (Å²) in [7, 11) is -3.71. The average Bonchev–Trinajstić information content (AvgIpc) is 2.46. The van der Waals surface area contributed by atoms with E-state index in [1.165, 1.54) is 6.20 Å². The lowest BCUT2D eigenvalue weighted by Crippen LogP contribution is -2.25. The van der Waals surface area contributed by atoms with Gasteiger partial charge in [-0.3, -0.25) is 0 Å². The Hall–Kier alpha value is -2.00. The molecule has 0 radical (unpaired) electrons. The first-order valence-electron chi connectivity index (χ1n) is 6.18. The highest BCUT2D eigenvalue weighted by molar-refractivity contribution is 7.93. The number of hydrogen-bond donors (Lipinski definition) is 0. The minimum atomic E-state index is -3.71. The van der Waals surface area contributed by atoms with Crippen molar-refractivity contribution in [2.24, 2.45) is 0 Å². The molecule has 0 aliphatic rings. The maximum absolute atomic E-state index is 12.7. The highest BCUT2D eigenvalue weighted by atomic mass is 35.5. The summed E-state index contributed by atoms with van der Waals surface area (Å²) < 4.78 is 26.6. The number of nitrogens with zero attached hydrogens (tertiary/aromatic N) is 1. The van der Waals surface area contributed by atoms with Crippen molar-refractivity contribution in [3.8, 4) is 0 Å². The van der Waals surface area contributed by atoms with E-state index in [-0.39, 0.29) is 4.90 Å². The fraction of sp³-hybridized carbons (Fsp3) is 0.0625. The van der Waals surface area contributed by atoms with Crippen molar-refractivity contribution in [1.82, 2.24) is 0 Å². The Balaban J connectivity index is 2.53. The molecule has 2 aromatic carbocycles. The predicted octanol–water partition coefficient (Wildman–Crippen LogP) is 4.14. The van der Waals surface area contributed by atoms with Crippen molar-refractivity contribution in [3.63, 3.8) is 0 Å². The Morgan fingerprint density at radius 1 is 1.10 bits per heavy atom. The Bertz CT molecular complexity index is 774. The van der Waals surface area contributed by atoms with E-state index in [1.54, 1.807) is 48.5 Å². The van der Waals surface area contributed by atoms with Gasteiger partial charge in [0.2, 0.25) is 0 Å². The van der Waals surface area contributed by atoms with Gasteiger partial charge in [-0.2, -0.15) is 0 Å². The molecule has 0 aromatic heterocycles. The third kappa shape index (κ3) is 3.37. The first-order valence-corrected chi connectivity index (χ1v) is 7.99. The topological polar surface area (TPSA) is 37.4 Å². The van der Waals surface area contributed by atoms with Crippen molar-refractivity contribution in [2.45, 2.75) is 11.8 Å². The van der Waals surface area contributed by atoms with E-state index in [2.05, 4.69) is 12.3 Å². The Morgan fingerprint density at radius 3 is 2.19 bits per heavy atom. The highest BCUT2D eigenvalue weighted by Gasteiger charge is 2.22. The molecule has 5 heteroatoms. The Kier molecular flexibility index (Phi) is 4.53. The number of aryl methyl sites for hydroxylation is 1. The first kappa shape index (κ1) is 15.4. The summed E-state index contributed by atoms with van der Waals surface area (Å²) in [6.07, 6.45) is 1.29. The standard InChI is InChI=1S/C16H14ClNO2S/c1-3-12-18(15-8-6-14(17)7-9-15)21(19,20)16-10-4-13(2)5-11-16/h4-12H,1H2,2H3.